The predicted octanol–water partition coefficient (Wildman–Crippen LogP) is 3.25. The van der Waals surface area contributed by atoms with E-state index in [1.165, 1.54) is 24.0 Å². The third-order valence-corrected chi connectivity index (χ3v) is 3.74. The van der Waals surface area contributed by atoms with Crippen LogP contribution in [0, 0.1) is 0 Å². The van der Waals surface area contributed by atoms with Gasteiger partial charge in [0.15, 0.2) is 0 Å². The van der Waals surface area contributed by atoms with Gasteiger partial charge in [-0.3, -0.25) is 9.88 Å². The number of aromatic nitrogens is 1. The highest BCUT2D eigenvalue weighted by atomic mass is 16.5. The van der Waals surface area contributed by atoms with Gasteiger partial charge < -0.3 is 4.74 Å². The van der Waals surface area contributed by atoms with Crippen LogP contribution in [0.5, 0.6) is 5.75 Å². The molecule has 1 aromatic heterocycles. The van der Waals surface area contributed by atoms with Crippen molar-refractivity contribution in [1.29, 1.82) is 0 Å². The van der Waals surface area contributed by atoms with E-state index in [0.717, 1.165) is 18.8 Å². The van der Waals surface area contributed by atoms with Gasteiger partial charge in [-0.2, -0.15) is 0 Å². The zero-order valence-corrected chi connectivity index (χ0v) is 11.8. The molecule has 1 aliphatic rings. The van der Waals surface area contributed by atoms with Gasteiger partial charge in [0, 0.05) is 37.1 Å². The van der Waals surface area contributed by atoms with Crippen molar-refractivity contribution in [2.75, 3.05) is 7.11 Å². The summed E-state index contributed by atoms with van der Waals surface area (Å²) in [5.41, 5.74) is 2.53. The van der Waals surface area contributed by atoms with Crippen LogP contribution in [0.15, 0.2) is 48.8 Å². The molecule has 1 heterocycles. The average molecular weight is 268 g/mol. The Balaban J connectivity index is 1.74. The van der Waals surface area contributed by atoms with E-state index < -0.39 is 0 Å². The molecule has 3 heteroatoms. The molecule has 3 nitrogen and oxygen atoms in total. The third-order valence-electron chi connectivity index (χ3n) is 3.74. The van der Waals surface area contributed by atoms with Gasteiger partial charge >= 0.3 is 0 Å². The molecule has 104 valence electrons. The van der Waals surface area contributed by atoms with Gasteiger partial charge in [-0.25, -0.2) is 0 Å². The molecule has 0 radical (unpaired) electrons. The van der Waals surface area contributed by atoms with E-state index in [-0.39, 0.29) is 0 Å². The Labute approximate surface area is 120 Å². The quantitative estimate of drug-likeness (QED) is 0.804. The summed E-state index contributed by atoms with van der Waals surface area (Å²) < 4.78 is 5.46. The highest BCUT2D eigenvalue weighted by molar-refractivity contribution is 5.33. The topological polar surface area (TPSA) is 25.4 Å². The van der Waals surface area contributed by atoms with Crippen molar-refractivity contribution in [3.63, 3.8) is 0 Å². The molecule has 1 aromatic carbocycles. The first-order valence-electron chi connectivity index (χ1n) is 7.11. The Kier molecular flexibility index (Phi) is 3.97. The SMILES string of the molecule is COc1ccccc1CN(Cc1cccnc1)C1CC1. The second-order valence-electron chi connectivity index (χ2n) is 5.31. The minimum absolute atomic E-state index is 0.708. The first kappa shape index (κ1) is 13.1. The summed E-state index contributed by atoms with van der Waals surface area (Å²) in [6.07, 6.45) is 6.38. The molecule has 1 fully saturated rings. The lowest BCUT2D eigenvalue weighted by Crippen LogP contribution is -2.25. The smallest absolute Gasteiger partial charge is 0.123 e. The largest absolute Gasteiger partial charge is 0.496 e. The van der Waals surface area contributed by atoms with Gasteiger partial charge in [-0.15, -0.1) is 0 Å². The van der Waals surface area contributed by atoms with Crippen LogP contribution in [0.1, 0.15) is 24.0 Å². The van der Waals surface area contributed by atoms with Gasteiger partial charge in [0.2, 0.25) is 0 Å². The van der Waals surface area contributed by atoms with Crippen LogP contribution < -0.4 is 4.74 Å². The molecule has 0 N–H and O–H groups in total. The van der Waals surface area contributed by atoms with Crippen molar-refractivity contribution in [2.24, 2.45) is 0 Å². The van der Waals surface area contributed by atoms with Crippen LogP contribution in [0.3, 0.4) is 0 Å². The van der Waals surface area contributed by atoms with Crippen LogP contribution in [-0.2, 0) is 13.1 Å². The molecule has 1 saturated carbocycles. The number of methoxy groups -OCH3 is 1. The second kappa shape index (κ2) is 6.06. The lowest BCUT2D eigenvalue weighted by Gasteiger charge is -2.23. The number of hydrogen-bond acceptors (Lipinski definition) is 3. The molecular weight excluding hydrogens is 248 g/mol. The molecule has 20 heavy (non-hydrogen) atoms. The van der Waals surface area contributed by atoms with E-state index in [0.29, 0.717) is 6.04 Å². The Morgan fingerprint density at radius 1 is 1.15 bits per heavy atom. The molecule has 1 aliphatic carbocycles. The maximum Gasteiger partial charge on any atom is 0.123 e. The standard InChI is InChI=1S/C17H20N2O/c1-20-17-7-3-2-6-15(17)13-19(16-8-9-16)12-14-5-4-10-18-11-14/h2-7,10-11,16H,8-9,12-13H2,1H3. The van der Waals surface area contributed by atoms with Crippen LogP contribution in [0.2, 0.25) is 0 Å². The maximum absolute atomic E-state index is 5.46. The molecule has 0 aliphatic heterocycles. The second-order valence-corrected chi connectivity index (χ2v) is 5.31. The maximum atomic E-state index is 5.46. The van der Waals surface area contributed by atoms with Crippen molar-refractivity contribution in [3.8, 4) is 5.75 Å². The van der Waals surface area contributed by atoms with Crippen LogP contribution >= 0.6 is 0 Å². The lowest BCUT2D eigenvalue weighted by molar-refractivity contribution is 0.241. The number of rotatable bonds is 6. The molecular formula is C17H20N2O. The molecule has 0 saturated heterocycles. The zero-order chi connectivity index (χ0) is 13.8. The average Bonchev–Trinajstić information content (AvgIpc) is 3.33. The number of para-hydroxylation sites is 1. The van der Waals surface area contributed by atoms with Crippen molar-refractivity contribution in [1.82, 2.24) is 9.88 Å². The van der Waals surface area contributed by atoms with Crippen LogP contribution in [0.4, 0.5) is 0 Å². The summed E-state index contributed by atoms with van der Waals surface area (Å²) in [6, 6.07) is 13.1. The molecule has 0 unspecified atom stereocenters. The van der Waals surface area contributed by atoms with Crippen molar-refractivity contribution in [2.45, 2.75) is 32.0 Å². The van der Waals surface area contributed by atoms with Crippen molar-refractivity contribution < 1.29 is 4.74 Å². The summed E-state index contributed by atoms with van der Waals surface area (Å²) in [6.45, 7) is 1.89. The van der Waals surface area contributed by atoms with E-state index >= 15 is 0 Å². The fraction of sp³-hybridized carbons (Fsp3) is 0.353. The number of benzene rings is 1. The lowest BCUT2D eigenvalue weighted by atomic mass is 10.1. The summed E-state index contributed by atoms with van der Waals surface area (Å²) in [5.74, 6) is 0.976. The summed E-state index contributed by atoms with van der Waals surface area (Å²) in [7, 11) is 1.74. The Morgan fingerprint density at radius 3 is 2.70 bits per heavy atom. The zero-order valence-electron chi connectivity index (χ0n) is 11.8. The van der Waals surface area contributed by atoms with Gasteiger partial charge in [-0.1, -0.05) is 24.3 Å². The summed E-state index contributed by atoms with van der Waals surface area (Å²) in [4.78, 5) is 6.73. The third kappa shape index (κ3) is 3.17. The van der Waals surface area contributed by atoms with E-state index in [4.69, 9.17) is 4.74 Å². The molecule has 0 spiro atoms. The van der Waals surface area contributed by atoms with Crippen molar-refractivity contribution in [3.05, 3.63) is 59.9 Å². The van der Waals surface area contributed by atoms with Gasteiger partial charge in [-0.05, 0) is 30.5 Å². The highest BCUT2D eigenvalue weighted by Crippen LogP contribution is 2.31. The van der Waals surface area contributed by atoms with Crippen LogP contribution in [-0.4, -0.2) is 23.0 Å². The highest BCUT2D eigenvalue weighted by Gasteiger charge is 2.29. The number of hydrogen-bond donors (Lipinski definition) is 0. The molecule has 0 bridgehead atoms. The number of ether oxygens (including phenoxy) is 1. The Hall–Kier alpha value is -1.87. The first-order chi connectivity index (χ1) is 9.86. The predicted molar refractivity (Wildman–Crippen MR) is 79.5 cm³/mol. The van der Waals surface area contributed by atoms with Gasteiger partial charge in [0.1, 0.15) is 5.75 Å². The monoisotopic (exact) mass is 268 g/mol. The van der Waals surface area contributed by atoms with Crippen LogP contribution in [0.25, 0.3) is 0 Å². The summed E-state index contributed by atoms with van der Waals surface area (Å²) >= 11 is 0. The van der Waals surface area contributed by atoms with E-state index in [2.05, 4.69) is 28.1 Å². The van der Waals surface area contributed by atoms with E-state index in [1.807, 2.05) is 30.6 Å². The minimum Gasteiger partial charge on any atom is -0.496 e. The van der Waals surface area contributed by atoms with E-state index in [1.54, 1.807) is 7.11 Å². The fourth-order valence-electron chi connectivity index (χ4n) is 2.53. The van der Waals surface area contributed by atoms with Gasteiger partial charge in [0.25, 0.3) is 0 Å². The molecule has 3 rings (SSSR count). The van der Waals surface area contributed by atoms with Crippen molar-refractivity contribution >= 4 is 0 Å². The molecule has 2 aromatic rings. The Morgan fingerprint density at radius 2 is 2.00 bits per heavy atom. The normalized spacial score (nSPS) is 14.5. The Bertz CT molecular complexity index is 552. The minimum atomic E-state index is 0.708. The van der Waals surface area contributed by atoms with E-state index in [9.17, 15) is 0 Å². The van der Waals surface area contributed by atoms with Gasteiger partial charge in [0.05, 0.1) is 7.11 Å². The summed E-state index contributed by atoms with van der Waals surface area (Å²) in [5, 5.41) is 0. The number of nitrogens with zero attached hydrogens (tertiary/aromatic N) is 2. The first-order valence-corrected chi connectivity index (χ1v) is 7.11. The fourth-order valence-corrected chi connectivity index (χ4v) is 2.53. The number of pyridine rings is 1. The molecule has 0 atom stereocenters. The molecule has 0 amide bonds.